The second-order valence-electron chi connectivity index (χ2n) is 2.37. The molecule has 0 unspecified atom stereocenters. The number of thiophene rings is 1. The summed E-state index contributed by atoms with van der Waals surface area (Å²) in [6, 6.07) is 6.29. The van der Waals surface area contributed by atoms with Gasteiger partial charge in [-0.1, -0.05) is 18.2 Å². The fourth-order valence-corrected chi connectivity index (χ4v) is 1.87. The molecule has 0 saturated heterocycles. The van der Waals surface area contributed by atoms with Gasteiger partial charge in [-0.15, -0.1) is 11.3 Å². The lowest BCUT2D eigenvalue weighted by atomic mass is 10.1. The smallest absolute Gasteiger partial charge is 0.0527 e. The maximum Gasteiger partial charge on any atom is 0.0527 e. The molecule has 1 radical (unpaired) electrons. The molecular weight excluding hydrogens is 140 g/mol. The van der Waals surface area contributed by atoms with Gasteiger partial charge in [0.1, 0.15) is 0 Å². The molecule has 0 saturated carbocycles. The maximum absolute atomic E-state index is 3.20. The maximum atomic E-state index is 3.20. The van der Waals surface area contributed by atoms with Crippen LogP contribution in [-0.4, -0.2) is 0 Å². The second kappa shape index (κ2) is 2.10. The Hall–Kier alpha value is -0.820. The van der Waals surface area contributed by atoms with E-state index in [-0.39, 0.29) is 0 Å². The largest absolute Gasteiger partial charge is 0.142 e. The normalized spacial score (nSPS) is 10.5. The molecule has 0 nitrogen and oxygen atoms in total. The average Bonchev–Trinajstić information content (AvgIpc) is 2.36. The first-order chi connectivity index (χ1) is 4.88. The minimum Gasteiger partial charge on any atom is -0.142 e. The summed E-state index contributed by atoms with van der Waals surface area (Å²) in [7, 11) is 0. The molecule has 0 amide bonds. The van der Waals surface area contributed by atoms with Gasteiger partial charge >= 0.3 is 0 Å². The van der Waals surface area contributed by atoms with Gasteiger partial charge in [0, 0.05) is 5.39 Å². The quantitative estimate of drug-likeness (QED) is 0.537. The summed E-state index contributed by atoms with van der Waals surface area (Å²) in [6.45, 7) is 2.13. The third-order valence-electron chi connectivity index (χ3n) is 1.67. The van der Waals surface area contributed by atoms with Gasteiger partial charge < -0.3 is 0 Å². The third kappa shape index (κ3) is 0.745. The predicted molar refractivity (Wildman–Crippen MR) is 45.4 cm³/mol. The summed E-state index contributed by atoms with van der Waals surface area (Å²) in [5, 5.41) is 7.93. The van der Waals surface area contributed by atoms with Crippen molar-refractivity contribution in [2.24, 2.45) is 0 Å². The lowest BCUT2D eigenvalue weighted by Crippen LogP contribution is -1.69. The molecule has 1 aromatic heterocycles. The van der Waals surface area contributed by atoms with Crippen molar-refractivity contribution in [3.63, 3.8) is 0 Å². The van der Waals surface area contributed by atoms with Crippen molar-refractivity contribution in [1.82, 2.24) is 0 Å². The van der Waals surface area contributed by atoms with Crippen LogP contribution in [0.5, 0.6) is 0 Å². The van der Waals surface area contributed by atoms with Gasteiger partial charge in [-0.2, -0.15) is 0 Å². The topological polar surface area (TPSA) is 0 Å². The lowest BCUT2D eigenvalue weighted by Gasteiger charge is -1.91. The molecule has 0 fully saturated rings. The molecule has 10 heavy (non-hydrogen) atoms. The van der Waals surface area contributed by atoms with E-state index in [0.717, 1.165) is 0 Å². The SMILES string of the molecule is Cc1cccc2[c]scc12. The Morgan fingerprint density at radius 3 is 3.10 bits per heavy atom. The molecule has 0 aliphatic carbocycles. The van der Waals surface area contributed by atoms with E-state index in [0.29, 0.717) is 0 Å². The van der Waals surface area contributed by atoms with Crippen LogP contribution < -0.4 is 0 Å². The van der Waals surface area contributed by atoms with Crippen molar-refractivity contribution in [2.75, 3.05) is 0 Å². The first kappa shape index (κ1) is 5.93. The summed E-state index contributed by atoms with van der Waals surface area (Å²) in [4.78, 5) is 0. The average molecular weight is 147 g/mol. The standard InChI is InChI=1S/C9H7S/c1-7-3-2-4-8-5-10-6-9(7)8/h2-4,6H,1H3. The zero-order chi connectivity index (χ0) is 6.97. The molecule has 0 atom stereocenters. The van der Waals surface area contributed by atoms with Crippen molar-refractivity contribution < 1.29 is 0 Å². The molecule has 0 N–H and O–H groups in total. The van der Waals surface area contributed by atoms with E-state index in [4.69, 9.17) is 0 Å². The number of benzene rings is 1. The zero-order valence-corrected chi connectivity index (χ0v) is 6.53. The van der Waals surface area contributed by atoms with Crippen LogP contribution in [0.25, 0.3) is 10.8 Å². The number of aryl methyl sites for hydroxylation is 1. The van der Waals surface area contributed by atoms with Gasteiger partial charge in [0.05, 0.1) is 5.38 Å². The Bertz CT molecular complexity index is 346. The monoisotopic (exact) mass is 147 g/mol. The molecule has 0 aliphatic rings. The molecule has 49 valence electrons. The van der Waals surface area contributed by atoms with Crippen molar-refractivity contribution >= 4 is 22.1 Å². The number of fused-ring (bicyclic) bond motifs is 1. The predicted octanol–water partition coefficient (Wildman–Crippen LogP) is 3.01. The van der Waals surface area contributed by atoms with E-state index in [9.17, 15) is 0 Å². The Balaban J connectivity index is 2.95. The number of hydrogen-bond donors (Lipinski definition) is 0. The first-order valence-electron chi connectivity index (χ1n) is 3.22. The fourth-order valence-electron chi connectivity index (χ4n) is 1.08. The summed E-state index contributed by atoms with van der Waals surface area (Å²) < 4.78 is 0. The fraction of sp³-hybridized carbons (Fsp3) is 0.111. The van der Waals surface area contributed by atoms with Gasteiger partial charge in [0.15, 0.2) is 0 Å². The molecule has 1 aromatic carbocycles. The lowest BCUT2D eigenvalue weighted by molar-refractivity contribution is 1.55. The Morgan fingerprint density at radius 2 is 2.30 bits per heavy atom. The molecule has 2 rings (SSSR count). The number of rotatable bonds is 0. The zero-order valence-electron chi connectivity index (χ0n) is 5.72. The van der Waals surface area contributed by atoms with Gasteiger partial charge in [0.25, 0.3) is 0 Å². The minimum absolute atomic E-state index is 1.24. The van der Waals surface area contributed by atoms with Crippen molar-refractivity contribution in [2.45, 2.75) is 6.92 Å². The van der Waals surface area contributed by atoms with Crippen molar-refractivity contribution in [3.05, 3.63) is 34.5 Å². The number of hydrogen-bond acceptors (Lipinski definition) is 1. The summed E-state index contributed by atoms with van der Waals surface area (Å²) in [5.74, 6) is 0. The highest BCUT2D eigenvalue weighted by atomic mass is 32.1. The summed E-state index contributed by atoms with van der Waals surface area (Å²) in [5.41, 5.74) is 1.34. The van der Waals surface area contributed by atoms with Crippen LogP contribution in [0.15, 0.2) is 23.6 Å². The van der Waals surface area contributed by atoms with Crippen LogP contribution in [0.2, 0.25) is 0 Å². The Labute approximate surface area is 64.1 Å². The Morgan fingerprint density at radius 1 is 1.40 bits per heavy atom. The van der Waals surface area contributed by atoms with Gasteiger partial charge in [-0.05, 0) is 23.3 Å². The van der Waals surface area contributed by atoms with Gasteiger partial charge in [0.2, 0.25) is 0 Å². The molecule has 0 spiro atoms. The van der Waals surface area contributed by atoms with Crippen LogP contribution in [-0.2, 0) is 0 Å². The van der Waals surface area contributed by atoms with E-state index >= 15 is 0 Å². The van der Waals surface area contributed by atoms with Gasteiger partial charge in [-0.25, -0.2) is 0 Å². The van der Waals surface area contributed by atoms with E-state index in [1.807, 2.05) is 0 Å². The van der Waals surface area contributed by atoms with E-state index in [1.54, 1.807) is 11.3 Å². The van der Waals surface area contributed by atoms with Crippen LogP contribution in [0.3, 0.4) is 0 Å². The van der Waals surface area contributed by atoms with Crippen molar-refractivity contribution in [3.8, 4) is 0 Å². The van der Waals surface area contributed by atoms with Crippen LogP contribution in [0.4, 0.5) is 0 Å². The van der Waals surface area contributed by atoms with Crippen LogP contribution in [0, 0.1) is 12.3 Å². The summed E-state index contributed by atoms with van der Waals surface area (Å²) in [6.07, 6.45) is 0. The molecular formula is C9H7S. The second-order valence-corrected chi connectivity index (χ2v) is 3.05. The first-order valence-corrected chi connectivity index (χ1v) is 4.10. The molecule has 1 heterocycles. The molecule has 1 heteroatoms. The highest BCUT2D eigenvalue weighted by Crippen LogP contribution is 2.20. The van der Waals surface area contributed by atoms with E-state index in [1.165, 1.54) is 16.3 Å². The highest BCUT2D eigenvalue weighted by molar-refractivity contribution is 7.08. The molecule has 0 aliphatic heterocycles. The van der Waals surface area contributed by atoms with E-state index in [2.05, 4.69) is 35.9 Å². The molecule has 2 aromatic rings. The van der Waals surface area contributed by atoms with Crippen LogP contribution in [0.1, 0.15) is 5.56 Å². The summed E-state index contributed by atoms with van der Waals surface area (Å²) >= 11 is 1.64. The Kier molecular flexibility index (Phi) is 1.24. The van der Waals surface area contributed by atoms with E-state index < -0.39 is 0 Å². The molecule has 0 bridgehead atoms. The van der Waals surface area contributed by atoms with Crippen molar-refractivity contribution in [1.29, 1.82) is 0 Å². The van der Waals surface area contributed by atoms with Crippen LogP contribution >= 0.6 is 11.3 Å². The minimum atomic E-state index is 1.24. The van der Waals surface area contributed by atoms with Gasteiger partial charge in [-0.3, -0.25) is 0 Å². The third-order valence-corrected chi connectivity index (χ3v) is 2.36. The highest BCUT2D eigenvalue weighted by Gasteiger charge is 1.94.